The van der Waals surface area contributed by atoms with Gasteiger partial charge in [-0.05, 0) is 28.8 Å². The van der Waals surface area contributed by atoms with Crippen molar-refractivity contribution in [1.29, 1.82) is 0 Å². The highest BCUT2D eigenvalue weighted by Crippen LogP contribution is 2.62. The fourth-order valence-corrected chi connectivity index (χ4v) is 4.30. The Morgan fingerprint density at radius 3 is 2.60 bits per heavy atom. The number of fused-ring (bicyclic) bond motifs is 1. The van der Waals surface area contributed by atoms with E-state index < -0.39 is 28.3 Å². The molecule has 1 fully saturated rings. The number of aliphatic hydroxyl groups is 1. The Kier molecular flexibility index (Phi) is 9.96. The molecule has 17 heteroatoms. The normalized spacial score (nSPS) is 20.6. The Morgan fingerprint density at radius 1 is 1.37 bits per heavy atom. The highest BCUT2D eigenvalue weighted by Gasteiger charge is 2.46. The summed E-state index contributed by atoms with van der Waals surface area (Å²) in [5, 5.41) is 6.96. The number of phosphoric acid groups is 1. The van der Waals surface area contributed by atoms with E-state index in [1.165, 1.54) is 6.33 Å². The molecule has 1 saturated heterocycles. The highest BCUT2D eigenvalue weighted by atomic mass is 35.5. The summed E-state index contributed by atoms with van der Waals surface area (Å²) in [6, 6.07) is 0. The van der Waals surface area contributed by atoms with Crippen molar-refractivity contribution in [2.24, 2.45) is 0 Å². The van der Waals surface area contributed by atoms with E-state index in [-0.39, 0.29) is 17.7 Å². The maximum Gasteiger partial charge on any atom is 0.577 e. The predicted molar refractivity (Wildman–Crippen MR) is 106 cm³/mol. The van der Waals surface area contributed by atoms with Crippen molar-refractivity contribution in [2.45, 2.75) is 25.2 Å². The number of terminal acetylenes is 1. The third-order valence-electron chi connectivity index (χ3n) is 3.45. The lowest BCUT2D eigenvalue weighted by atomic mass is 10.2. The molecule has 7 N–H and O–H groups in total. The van der Waals surface area contributed by atoms with Gasteiger partial charge in [0.2, 0.25) is 5.28 Å². The molecule has 0 saturated carbocycles. The highest BCUT2D eigenvalue weighted by molar-refractivity contribution is 7.64. The van der Waals surface area contributed by atoms with Gasteiger partial charge in [-0.2, -0.15) is 24.6 Å². The smallest absolute Gasteiger partial charge is 0.400 e. The number of nitrogen functional groups attached to an aromatic ring is 1. The fourth-order valence-electron chi connectivity index (χ4n) is 2.47. The van der Waals surface area contributed by atoms with Gasteiger partial charge in [-0.1, -0.05) is 0 Å². The molecule has 3 heterocycles. The molecule has 3 atom stereocenters. The first-order chi connectivity index (χ1) is 14.0. The average molecular weight is 489 g/mol. The van der Waals surface area contributed by atoms with Gasteiger partial charge in [-0.3, -0.25) is 9.09 Å². The van der Waals surface area contributed by atoms with Crippen LogP contribution in [0.15, 0.2) is 6.33 Å². The molecule has 1 aliphatic rings. The van der Waals surface area contributed by atoms with Gasteiger partial charge in [-0.15, -0.1) is 12.8 Å². The first-order valence-corrected chi connectivity index (χ1v) is 11.3. The monoisotopic (exact) mass is 488 g/mol. The van der Waals surface area contributed by atoms with Crippen molar-refractivity contribution in [3.8, 4) is 12.8 Å². The summed E-state index contributed by atoms with van der Waals surface area (Å²) in [6.07, 6.45) is 9.32. The van der Waals surface area contributed by atoms with Gasteiger partial charge < -0.3 is 20.5 Å². The number of phosphoric ester groups is 1. The Labute approximate surface area is 176 Å². The zero-order valence-corrected chi connectivity index (χ0v) is 18.1. The fraction of sp³-hybridized carbons (Fsp3) is 0.462. The van der Waals surface area contributed by atoms with Crippen LogP contribution < -0.4 is 5.73 Å². The molecular formula is C13H21ClN5O9P2+. The molecule has 0 bridgehead atoms. The quantitative estimate of drug-likeness (QED) is 0.184. The minimum atomic E-state index is -4.92. The Balaban J connectivity index is 0.00000106. The Bertz CT molecular complexity index is 906. The number of imidazole rings is 1. The van der Waals surface area contributed by atoms with Crippen LogP contribution in [-0.4, -0.2) is 64.0 Å². The maximum absolute atomic E-state index is 11.5. The van der Waals surface area contributed by atoms with Gasteiger partial charge in [-0.25, -0.2) is 9.55 Å². The number of nitrogens with two attached hydrogens (primary N) is 1. The first kappa shape index (κ1) is 26.6. The SMILES string of the molecule is C#C.CO.Nc1nc(Cl)nc2c1ncn2C1CCC(COP(=O)(O)O[P+](O)(O)O)O1. The van der Waals surface area contributed by atoms with E-state index in [4.69, 9.17) is 41.9 Å². The summed E-state index contributed by atoms with van der Waals surface area (Å²) in [7, 11) is -8.77. The molecule has 2 aromatic rings. The van der Waals surface area contributed by atoms with Gasteiger partial charge in [0.25, 0.3) is 0 Å². The lowest BCUT2D eigenvalue weighted by molar-refractivity contribution is -0.0207. The van der Waals surface area contributed by atoms with E-state index in [1.807, 2.05) is 0 Å². The van der Waals surface area contributed by atoms with E-state index >= 15 is 0 Å². The van der Waals surface area contributed by atoms with Crippen LogP contribution in [-0.2, 0) is 18.1 Å². The van der Waals surface area contributed by atoms with Crippen LogP contribution in [0.3, 0.4) is 0 Å². The topological polar surface area (TPSA) is 216 Å². The van der Waals surface area contributed by atoms with E-state index in [2.05, 4.69) is 36.6 Å². The largest absolute Gasteiger partial charge is 0.577 e. The number of hydrogen-bond donors (Lipinski definition) is 6. The molecule has 3 rings (SSSR count). The van der Waals surface area contributed by atoms with E-state index in [9.17, 15) is 9.46 Å². The average Bonchev–Trinajstić information content (AvgIpc) is 3.28. The minimum Gasteiger partial charge on any atom is -0.400 e. The molecule has 0 aliphatic carbocycles. The van der Waals surface area contributed by atoms with E-state index in [0.717, 1.165) is 7.11 Å². The third-order valence-corrected chi connectivity index (χ3v) is 5.80. The second-order valence-corrected chi connectivity index (χ2v) is 8.56. The first-order valence-electron chi connectivity index (χ1n) is 7.89. The van der Waals surface area contributed by atoms with E-state index in [0.29, 0.717) is 24.0 Å². The number of anilines is 1. The second-order valence-electron chi connectivity index (χ2n) is 5.35. The zero-order valence-electron chi connectivity index (χ0n) is 15.5. The van der Waals surface area contributed by atoms with E-state index in [1.54, 1.807) is 4.57 Å². The molecule has 14 nitrogen and oxygen atoms in total. The van der Waals surface area contributed by atoms with Gasteiger partial charge in [0, 0.05) is 7.11 Å². The summed E-state index contributed by atoms with van der Waals surface area (Å²) >= 11 is 5.81. The maximum atomic E-state index is 11.5. The standard InChI is InChI=1S/C10H14ClN5O8P2.C2H2.CH4O/c11-10-14-8(12)7-9(15-10)16(4-13-7)6-2-1-5(23-6)3-22-26(20,21)24-25(17,18)19;2*1-2/h4-6,17-19H,1-3H2,(H2-,12,14,15,20,21);1-2H;2H,1H3/p+1. The molecule has 1 aliphatic heterocycles. The van der Waals surface area contributed by atoms with Crippen molar-refractivity contribution in [3.63, 3.8) is 0 Å². The van der Waals surface area contributed by atoms with Gasteiger partial charge >= 0.3 is 16.0 Å². The minimum absolute atomic E-state index is 0.0446. The summed E-state index contributed by atoms with van der Waals surface area (Å²) in [5.74, 6) is 0.124. The van der Waals surface area contributed by atoms with Crippen LogP contribution in [0.4, 0.5) is 5.82 Å². The molecule has 2 aromatic heterocycles. The van der Waals surface area contributed by atoms with Crippen LogP contribution >= 0.6 is 27.6 Å². The predicted octanol–water partition coefficient (Wildman–Crippen LogP) is 0.385. The van der Waals surface area contributed by atoms with Crippen LogP contribution in [0.1, 0.15) is 19.1 Å². The third kappa shape index (κ3) is 7.35. The second kappa shape index (κ2) is 11.2. The van der Waals surface area contributed by atoms with Crippen LogP contribution in [0, 0.1) is 12.8 Å². The molecule has 3 unspecified atom stereocenters. The lowest BCUT2D eigenvalue weighted by Gasteiger charge is -2.16. The number of aliphatic hydroxyl groups excluding tert-OH is 1. The van der Waals surface area contributed by atoms with Crippen LogP contribution in [0.5, 0.6) is 0 Å². The van der Waals surface area contributed by atoms with Crippen molar-refractivity contribution in [3.05, 3.63) is 11.6 Å². The van der Waals surface area contributed by atoms with Crippen molar-refractivity contribution in [2.75, 3.05) is 19.5 Å². The number of nitrogens with zero attached hydrogens (tertiary/aromatic N) is 4. The molecule has 0 spiro atoms. The Hall–Kier alpha value is -1.46. The number of aromatic nitrogens is 4. The van der Waals surface area contributed by atoms with Gasteiger partial charge in [0.05, 0.1) is 19.0 Å². The van der Waals surface area contributed by atoms with Crippen molar-refractivity contribution >= 4 is 44.6 Å². The van der Waals surface area contributed by atoms with Crippen LogP contribution in [0.2, 0.25) is 5.28 Å². The number of hydrogen-bond acceptors (Lipinski definition) is 12. The summed E-state index contributed by atoms with van der Waals surface area (Å²) in [4.78, 5) is 47.3. The molecule has 30 heavy (non-hydrogen) atoms. The number of halogens is 1. The lowest BCUT2D eigenvalue weighted by Crippen LogP contribution is -2.16. The number of rotatable bonds is 6. The summed E-state index contributed by atoms with van der Waals surface area (Å²) in [6.45, 7) is -0.380. The molecule has 0 amide bonds. The summed E-state index contributed by atoms with van der Waals surface area (Å²) < 4.78 is 27.2. The molecule has 0 aromatic carbocycles. The zero-order chi connectivity index (χ0) is 23.1. The van der Waals surface area contributed by atoms with Crippen molar-refractivity contribution in [1.82, 2.24) is 19.5 Å². The molecule has 168 valence electrons. The molecule has 0 radical (unpaired) electrons. The van der Waals surface area contributed by atoms with Crippen LogP contribution in [0.25, 0.3) is 11.2 Å². The molecular weight excluding hydrogens is 468 g/mol. The Morgan fingerprint density at radius 2 is 2.00 bits per heavy atom. The summed E-state index contributed by atoms with van der Waals surface area (Å²) in [5.41, 5.74) is 6.48. The van der Waals surface area contributed by atoms with Crippen molar-refractivity contribution < 1.29 is 42.8 Å². The van der Waals surface area contributed by atoms with Gasteiger partial charge in [0.15, 0.2) is 11.5 Å². The number of ether oxygens (including phenoxy) is 1. The van der Waals surface area contributed by atoms with Gasteiger partial charge in [0.1, 0.15) is 11.7 Å².